The first kappa shape index (κ1) is 13.7. The van der Waals surface area contributed by atoms with Crippen LogP contribution in [0.5, 0.6) is 11.6 Å². The van der Waals surface area contributed by atoms with Gasteiger partial charge in [-0.3, -0.25) is 10.1 Å². The number of anilines is 1. The molecule has 20 heavy (non-hydrogen) atoms. The topological polar surface area (TPSA) is 90.2 Å². The van der Waals surface area contributed by atoms with Gasteiger partial charge in [-0.2, -0.15) is 4.98 Å². The molecule has 1 heterocycles. The third-order valence-corrected chi connectivity index (χ3v) is 2.73. The van der Waals surface area contributed by atoms with Crippen molar-refractivity contribution < 1.29 is 9.66 Å². The molecule has 1 aromatic heterocycles. The van der Waals surface area contributed by atoms with E-state index in [2.05, 4.69) is 15.3 Å². The molecule has 0 bridgehead atoms. The molecule has 1 aromatic carbocycles. The third-order valence-electron chi connectivity index (χ3n) is 2.73. The summed E-state index contributed by atoms with van der Waals surface area (Å²) in [5.41, 5.74) is 0.796. The van der Waals surface area contributed by atoms with Crippen molar-refractivity contribution in [1.29, 1.82) is 0 Å². The second-order valence-electron chi connectivity index (χ2n) is 3.99. The van der Waals surface area contributed by atoms with Crippen molar-refractivity contribution in [1.82, 2.24) is 9.97 Å². The normalized spacial score (nSPS) is 10.1. The van der Waals surface area contributed by atoms with Crippen LogP contribution < -0.4 is 10.1 Å². The summed E-state index contributed by atoms with van der Waals surface area (Å²) in [5, 5.41) is 13.8. The average molecular weight is 274 g/mol. The monoisotopic (exact) mass is 274 g/mol. The molecule has 0 aliphatic heterocycles. The molecular weight excluding hydrogens is 260 g/mol. The Labute approximate surface area is 115 Å². The molecule has 1 N–H and O–H groups in total. The predicted octanol–water partition coefficient (Wildman–Crippen LogP) is 2.78. The number of nitro groups is 1. The zero-order chi connectivity index (χ0) is 14.5. The SMILES string of the molecule is CCc1cccc(Oc2ncnc(NC)c2[N+](=O)[O-])c1. The zero-order valence-corrected chi connectivity index (χ0v) is 11.2. The van der Waals surface area contributed by atoms with Gasteiger partial charge in [0.1, 0.15) is 12.1 Å². The molecule has 2 aromatic rings. The van der Waals surface area contributed by atoms with Gasteiger partial charge < -0.3 is 10.1 Å². The third kappa shape index (κ3) is 2.82. The molecule has 0 aliphatic carbocycles. The summed E-state index contributed by atoms with van der Waals surface area (Å²) >= 11 is 0. The molecule has 0 radical (unpaired) electrons. The molecule has 0 fully saturated rings. The maximum Gasteiger partial charge on any atom is 0.373 e. The Morgan fingerprint density at radius 3 is 2.85 bits per heavy atom. The van der Waals surface area contributed by atoms with Gasteiger partial charge in [0.2, 0.25) is 5.82 Å². The van der Waals surface area contributed by atoms with Gasteiger partial charge >= 0.3 is 11.6 Å². The molecule has 0 unspecified atom stereocenters. The molecule has 0 saturated carbocycles. The number of hydrogen-bond acceptors (Lipinski definition) is 6. The highest BCUT2D eigenvalue weighted by Crippen LogP contribution is 2.33. The fourth-order valence-corrected chi connectivity index (χ4v) is 1.73. The lowest BCUT2D eigenvalue weighted by Crippen LogP contribution is -2.03. The van der Waals surface area contributed by atoms with Gasteiger partial charge in [-0.1, -0.05) is 19.1 Å². The number of benzene rings is 1. The van der Waals surface area contributed by atoms with Gasteiger partial charge in [-0.25, -0.2) is 4.98 Å². The lowest BCUT2D eigenvalue weighted by molar-refractivity contribution is -0.385. The van der Waals surface area contributed by atoms with Crippen molar-refractivity contribution in [2.45, 2.75) is 13.3 Å². The molecular formula is C13H14N4O3. The summed E-state index contributed by atoms with van der Waals surface area (Å²) < 4.78 is 5.52. The Balaban J connectivity index is 2.40. The Morgan fingerprint density at radius 2 is 2.20 bits per heavy atom. The molecule has 0 saturated heterocycles. The van der Waals surface area contributed by atoms with E-state index in [4.69, 9.17) is 4.74 Å². The predicted molar refractivity (Wildman–Crippen MR) is 74.1 cm³/mol. The Morgan fingerprint density at radius 1 is 1.40 bits per heavy atom. The minimum absolute atomic E-state index is 0.0809. The van der Waals surface area contributed by atoms with Crippen LogP contribution in [0.15, 0.2) is 30.6 Å². The standard InChI is InChI=1S/C13H14N4O3/c1-3-9-5-4-6-10(7-9)20-13-11(17(18)19)12(14-2)15-8-16-13/h4-8H,3H2,1-2H3,(H,14,15,16). The molecule has 0 atom stereocenters. The fourth-order valence-electron chi connectivity index (χ4n) is 1.73. The van der Waals surface area contributed by atoms with Crippen LogP contribution in [0.4, 0.5) is 11.5 Å². The average Bonchev–Trinajstić information content (AvgIpc) is 2.46. The van der Waals surface area contributed by atoms with E-state index >= 15 is 0 Å². The summed E-state index contributed by atoms with van der Waals surface area (Å²) in [7, 11) is 1.55. The van der Waals surface area contributed by atoms with Gasteiger partial charge in [-0.15, -0.1) is 0 Å². The molecule has 0 aliphatic rings. The highest BCUT2D eigenvalue weighted by atomic mass is 16.6. The van der Waals surface area contributed by atoms with Crippen LogP contribution in [0.2, 0.25) is 0 Å². The van der Waals surface area contributed by atoms with Crippen molar-refractivity contribution in [2.75, 3.05) is 12.4 Å². The number of nitrogens with zero attached hydrogens (tertiary/aromatic N) is 3. The highest BCUT2D eigenvalue weighted by molar-refractivity contribution is 5.61. The second kappa shape index (κ2) is 5.96. The van der Waals surface area contributed by atoms with Crippen molar-refractivity contribution >= 4 is 11.5 Å². The van der Waals surface area contributed by atoms with E-state index in [9.17, 15) is 10.1 Å². The van der Waals surface area contributed by atoms with Crippen LogP contribution in [-0.2, 0) is 6.42 Å². The molecule has 0 spiro atoms. The highest BCUT2D eigenvalue weighted by Gasteiger charge is 2.24. The summed E-state index contributed by atoms with van der Waals surface area (Å²) in [6.07, 6.45) is 2.07. The molecule has 2 rings (SSSR count). The lowest BCUT2D eigenvalue weighted by atomic mass is 10.2. The van der Waals surface area contributed by atoms with E-state index in [0.29, 0.717) is 5.75 Å². The Bertz CT molecular complexity index is 631. The minimum Gasteiger partial charge on any atom is -0.434 e. The van der Waals surface area contributed by atoms with E-state index in [1.165, 1.54) is 6.33 Å². The van der Waals surface area contributed by atoms with Gasteiger partial charge in [0.05, 0.1) is 4.92 Å². The quantitative estimate of drug-likeness (QED) is 0.666. The van der Waals surface area contributed by atoms with E-state index < -0.39 is 4.92 Å². The number of aromatic nitrogens is 2. The fraction of sp³-hybridized carbons (Fsp3) is 0.231. The summed E-state index contributed by atoms with van der Waals surface area (Å²) in [4.78, 5) is 18.2. The molecule has 0 amide bonds. The van der Waals surface area contributed by atoms with Crippen molar-refractivity contribution in [3.05, 3.63) is 46.3 Å². The van der Waals surface area contributed by atoms with Crippen LogP contribution in [0.25, 0.3) is 0 Å². The first-order valence-corrected chi connectivity index (χ1v) is 6.09. The Kier molecular flexibility index (Phi) is 4.09. The van der Waals surface area contributed by atoms with Crippen LogP contribution in [-0.4, -0.2) is 21.9 Å². The number of ether oxygens (including phenoxy) is 1. The van der Waals surface area contributed by atoms with Crippen LogP contribution in [0.3, 0.4) is 0 Å². The zero-order valence-electron chi connectivity index (χ0n) is 11.2. The maximum atomic E-state index is 11.1. The minimum atomic E-state index is -0.565. The van der Waals surface area contributed by atoms with E-state index in [1.54, 1.807) is 13.1 Å². The first-order chi connectivity index (χ1) is 9.65. The van der Waals surface area contributed by atoms with E-state index in [1.807, 2.05) is 25.1 Å². The van der Waals surface area contributed by atoms with Crippen molar-refractivity contribution in [3.8, 4) is 11.6 Å². The van der Waals surface area contributed by atoms with Crippen LogP contribution >= 0.6 is 0 Å². The largest absolute Gasteiger partial charge is 0.434 e. The smallest absolute Gasteiger partial charge is 0.373 e. The molecule has 104 valence electrons. The van der Waals surface area contributed by atoms with Gasteiger partial charge in [0.25, 0.3) is 0 Å². The van der Waals surface area contributed by atoms with Crippen LogP contribution in [0.1, 0.15) is 12.5 Å². The second-order valence-corrected chi connectivity index (χ2v) is 3.99. The van der Waals surface area contributed by atoms with Crippen LogP contribution in [0, 0.1) is 10.1 Å². The van der Waals surface area contributed by atoms with E-state index in [0.717, 1.165) is 12.0 Å². The number of rotatable bonds is 5. The van der Waals surface area contributed by atoms with Crippen molar-refractivity contribution in [2.24, 2.45) is 0 Å². The number of nitrogens with one attached hydrogen (secondary N) is 1. The van der Waals surface area contributed by atoms with Gasteiger partial charge in [0, 0.05) is 7.05 Å². The molecule has 7 nitrogen and oxygen atoms in total. The lowest BCUT2D eigenvalue weighted by Gasteiger charge is -2.08. The number of aryl methyl sites for hydroxylation is 1. The Hall–Kier alpha value is -2.70. The van der Waals surface area contributed by atoms with Gasteiger partial charge in [-0.05, 0) is 24.1 Å². The molecule has 7 heteroatoms. The first-order valence-electron chi connectivity index (χ1n) is 6.09. The summed E-state index contributed by atoms with van der Waals surface area (Å²) in [6, 6.07) is 7.34. The summed E-state index contributed by atoms with van der Waals surface area (Å²) in [5.74, 6) is 0.544. The van der Waals surface area contributed by atoms with E-state index in [-0.39, 0.29) is 17.4 Å². The van der Waals surface area contributed by atoms with Crippen molar-refractivity contribution in [3.63, 3.8) is 0 Å². The van der Waals surface area contributed by atoms with Gasteiger partial charge in [0.15, 0.2) is 0 Å². The maximum absolute atomic E-state index is 11.1. The summed E-state index contributed by atoms with van der Waals surface area (Å²) in [6.45, 7) is 2.02. The number of hydrogen-bond donors (Lipinski definition) is 1.